The Labute approximate surface area is 181 Å². The summed E-state index contributed by atoms with van der Waals surface area (Å²) in [4.78, 5) is 14.5. The van der Waals surface area contributed by atoms with Gasteiger partial charge in [0.2, 0.25) is 10.0 Å². The molecule has 156 valence electrons. The van der Waals surface area contributed by atoms with E-state index in [0.717, 1.165) is 31.4 Å². The maximum absolute atomic E-state index is 12.8. The molecule has 0 saturated heterocycles. The number of sulfonamides is 1. The molecule has 2 aromatic carbocycles. The predicted octanol–water partition coefficient (Wildman–Crippen LogP) is 4.53. The second-order valence-corrected chi connectivity index (χ2v) is 9.76. The highest BCUT2D eigenvalue weighted by Crippen LogP contribution is 2.30. The third-order valence-corrected chi connectivity index (χ3v) is 7.17. The summed E-state index contributed by atoms with van der Waals surface area (Å²) in [6.45, 7) is 0. The molecular weight excluding hydrogens is 433 g/mol. The topological polar surface area (TPSA) is 78.5 Å². The lowest BCUT2D eigenvalue weighted by Crippen LogP contribution is -2.33. The van der Waals surface area contributed by atoms with Crippen molar-refractivity contribution in [2.45, 2.75) is 36.6 Å². The lowest BCUT2D eigenvalue weighted by atomic mass is 10.2. The van der Waals surface area contributed by atoms with Gasteiger partial charge in [-0.3, -0.25) is 4.79 Å². The Balaban J connectivity index is 1.85. The van der Waals surface area contributed by atoms with Crippen LogP contribution in [0.3, 0.4) is 0 Å². The van der Waals surface area contributed by atoms with Gasteiger partial charge in [-0.1, -0.05) is 36.0 Å². The number of carbonyl (C=O) groups excluding carboxylic acids is 1. The molecule has 2 N–H and O–H groups in total. The van der Waals surface area contributed by atoms with E-state index >= 15 is 0 Å². The van der Waals surface area contributed by atoms with Crippen LogP contribution in [0.4, 0.5) is 11.4 Å². The van der Waals surface area contributed by atoms with Crippen LogP contribution in [0.5, 0.6) is 0 Å². The highest BCUT2D eigenvalue weighted by Gasteiger charge is 2.27. The fourth-order valence-electron chi connectivity index (χ4n) is 3.28. The first-order chi connectivity index (χ1) is 13.7. The van der Waals surface area contributed by atoms with Crippen LogP contribution in [0.25, 0.3) is 0 Å². The lowest BCUT2D eigenvalue weighted by Gasteiger charge is -2.16. The van der Waals surface area contributed by atoms with Gasteiger partial charge < -0.3 is 10.2 Å². The molecule has 0 radical (unpaired) electrons. The number of hydrogen-bond acceptors (Lipinski definition) is 4. The summed E-state index contributed by atoms with van der Waals surface area (Å²) in [5, 5.41) is 2.80. The highest BCUT2D eigenvalue weighted by atomic mass is 35.5. The molecule has 29 heavy (non-hydrogen) atoms. The van der Waals surface area contributed by atoms with E-state index in [1.807, 2.05) is 31.1 Å². The molecule has 1 aliphatic carbocycles. The van der Waals surface area contributed by atoms with Crippen molar-refractivity contribution in [3.8, 4) is 0 Å². The van der Waals surface area contributed by atoms with Crippen molar-refractivity contribution >= 4 is 50.5 Å². The van der Waals surface area contributed by atoms with E-state index in [1.54, 1.807) is 12.1 Å². The molecule has 6 nitrogen and oxygen atoms in total. The van der Waals surface area contributed by atoms with Crippen LogP contribution in [0.15, 0.2) is 41.3 Å². The Morgan fingerprint density at radius 1 is 1.03 bits per heavy atom. The van der Waals surface area contributed by atoms with E-state index in [0.29, 0.717) is 5.69 Å². The summed E-state index contributed by atoms with van der Waals surface area (Å²) in [5.41, 5.74) is 1.60. The molecule has 1 aliphatic rings. The first kappa shape index (κ1) is 21.9. The minimum absolute atomic E-state index is 0.0209. The van der Waals surface area contributed by atoms with Crippen molar-refractivity contribution in [3.63, 3.8) is 0 Å². The second-order valence-electron chi connectivity index (χ2n) is 7.26. The summed E-state index contributed by atoms with van der Waals surface area (Å²) >= 11 is 12.3. The van der Waals surface area contributed by atoms with Gasteiger partial charge in [0.25, 0.3) is 5.91 Å². The van der Waals surface area contributed by atoms with Gasteiger partial charge in [0.15, 0.2) is 0 Å². The molecule has 0 aliphatic heterocycles. The van der Waals surface area contributed by atoms with Crippen LogP contribution in [-0.2, 0) is 10.0 Å². The molecule has 0 bridgehead atoms. The van der Waals surface area contributed by atoms with Crippen LogP contribution in [0.1, 0.15) is 36.0 Å². The van der Waals surface area contributed by atoms with Gasteiger partial charge in [0, 0.05) is 31.5 Å². The first-order valence-corrected chi connectivity index (χ1v) is 11.5. The SMILES string of the molecule is CN(C)c1ccc(NC(=O)c2cc(S(=O)(=O)NC3CCCC3)c(Cl)cc2Cl)cc1. The Morgan fingerprint density at radius 2 is 1.66 bits per heavy atom. The molecule has 2 aromatic rings. The van der Waals surface area contributed by atoms with Crippen LogP contribution in [-0.4, -0.2) is 34.5 Å². The van der Waals surface area contributed by atoms with E-state index in [2.05, 4.69) is 10.0 Å². The summed E-state index contributed by atoms with van der Waals surface area (Å²) in [7, 11) is -0.0227. The summed E-state index contributed by atoms with van der Waals surface area (Å²) in [5.74, 6) is -0.512. The molecule has 0 atom stereocenters. The number of hydrogen-bond donors (Lipinski definition) is 2. The zero-order valence-corrected chi connectivity index (χ0v) is 18.5. The molecular formula is C20H23Cl2N3O3S. The van der Waals surface area contributed by atoms with Crippen molar-refractivity contribution < 1.29 is 13.2 Å². The van der Waals surface area contributed by atoms with Crippen molar-refractivity contribution in [1.82, 2.24) is 4.72 Å². The number of rotatable bonds is 6. The van der Waals surface area contributed by atoms with Gasteiger partial charge >= 0.3 is 0 Å². The monoisotopic (exact) mass is 455 g/mol. The lowest BCUT2D eigenvalue weighted by molar-refractivity contribution is 0.102. The van der Waals surface area contributed by atoms with E-state index in [9.17, 15) is 13.2 Å². The number of nitrogens with zero attached hydrogens (tertiary/aromatic N) is 1. The quantitative estimate of drug-likeness (QED) is 0.670. The fourth-order valence-corrected chi connectivity index (χ4v) is 5.44. The van der Waals surface area contributed by atoms with Crippen LogP contribution >= 0.6 is 23.2 Å². The Hall–Kier alpha value is -1.80. The maximum Gasteiger partial charge on any atom is 0.257 e. The van der Waals surface area contributed by atoms with Gasteiger partial charge in [0.1, 0.15) is 4.90 Å². The average Bonchev–Trinajstić information content (AvgIpc) is 3.14. The van der Waals surface area contributed by atoms with Crippen molar-refractivity contribution in [1.29, 1.82) is 0 Å². The number of benzene rings is 2. The van der Waals surface area contributed by atoms with Crippen LogP contribution in [0.2, 0.25) is 10.0 Å². The largest absolute Gasteiger partial charge is 0.378 e. The smallest absolute Gasteiger partial charge is 0.257 e. The molecule has 0 spiro atoms. The molecule has 0 heterocycles. The van der Waals surface area contributed by atoms with E-state index in [1.165, 1.54) is 12.1 Å². The zero-order valence-electron chi connectivity index (χ0n) is 16.2. The van der Waals surface area contributed by atoms with Crippen molar-refractivity contribution in [2.75, 3.05) is 24.3 Å². The van der Waals surface area contributed by atoms with Gasteiger partial charge in [-0.25, -0.2) is 13.1 Å². The van der Waals surface area contributed by atoms with Gasteiger partial charge in [-0.15, -0.1) is 0 Å². The van der Waals surface area contributed by atoms with E-state index < -0.39 is 15.9 Å². The Kier molecular flexibility index (Phi) is 6.73. The zero-order chi connectivity index (χ0) is 21.2. The number of anilines is 2. The molecule has 1 amide bonds. The van der Waals surface area contributed by atoms with Gasteiger partial charge in [0.05, 0.1) is 15.6 Å². The fraction of sp³-hybridized carbons (Fsp3) is 0.350. The second kappa shape index (κ2) is 8.92. The normalized spacial score (nSPS) is 14.8. The summed E-state index contributed by atoms with van der Waals surface area (Å²) < 4.78 is 28.2. The third kappa shape index (κ3) is 5.22. The van der Waals surface area contributed by atoms with Gasteiger partial charge in [-0.05, 0) is 49.2 Å². The molecule has 0 unspecified atom stereocenters. The minimum atomic E-state index is -3.86. The Morgan fingerprint density at radius 3 is 2.24 bits per heavy atom. The molecule has 1 saturated carbocycles. The number of nitrogens with one attached hydrogen (secondary N) is 2. The Bertz CT molecular complexity index is 1000. The highest BCUT2D eigenvalue weighted by molar-refractivity contribution is 7.89. The van der Waals surface area contributed by atoms with Crippen molar-refractivity contribution in [2.24, 2.45) is 0 Å². The predicted molar refractivity (Wildman–Crippen MR) is 118 cm³/mol. The first-order valence-electron chi connectivity index (χ1n) is 9.27. The van der Waals surface area contributed by atoms with Gasteiger partial charge in [-0.2, -0.15) is 0 Å². The molecule has 1 fully saturated rings. The average molecular weight is 456 g/mol. The maximum atomic E-state index is 12.8. The molecule has 9 heteroatoms. The number of carbonyl (C=O) groups is 1. The van der Waals surface area contributed by atoms with Crippen LogP contribution < -0.4 is 14.9 Å². The summed E-state index contributed by atoms with van der Waals surface area (Å²) in [6, 6.07) is 9.65. The standard InChI is InChI=1S/C20H23Cl2N3O3S/c1-25(2)15-9-7-13(8-10-15)23-20(26)16-11-19(18(22)12-17(16)21)29(27,28)24-14-5-3-4-6-14/h7-12,14,24H,3-6H2,1-2H3,(H,23,26). The van der Waals surface area contributed by atoms with Crippen molar-refractivity contribution in [3.05, 3.63) is 52.0 Å². The van der Waals surface area contributed by atoms with E-state index in [4.69, 9.17) is 23.2 Å². The van der Waals surface area contributed by atoms with Crippen LogP contribution in [0, 0.1) is 0 Å². The third-order valence-electron chi connectivity index (χ3n) is 4.87. The molecule has 0 aromatic heterocycles. The number of amides is 1. The molecule has 3 rings (SSSR count). The minimum Gasteiger partial charge on any atom is -0.378 e. The number of halogens is 2. The van der Waals surface area contributed by atoms with E-state index in [-0.39, 0.29) is 26.5 Å². The summed E-state index contributed by atoms with van der Waals surface area (Å²) in [6.07, 6.45) is 3.56.